The number of carbonyl (C=O) groups excluding carboxylic acids is 1. The fourth-order valence-electron chi connectivity index (χ4n) is 1.80. The van der Waals surface area contributed by atoms with Gasteiger partial charge in [-0.05, 0) is 36.4 Å². The summed E-state index contributed by atoms with van der Waals surface area (Å²) in [5, 5.41) is 12.3. The summed E-state index contributed by atoms with van der Waals surface area (Å²) in [4.78, 5) is 12.0. The molecule has 2 rings (SSSR count). The number of hydrogen-bond donors (Lipinski definition) is 1. The molecule has 0 atom stereocenters. The Morgan fingerprint density at radius 2 is 1.96 bits per heavy atom. The van der Waals surface area contributed by atoms with E-state index in [-0.39, 0.29) is 6.61 Å². The van der Waals surface area contributed by atoms with Crippen molar-refractivity contribution in [3.05, 3.63) is 52.0 Å². The van der Waals surface area contributed by atoms with Crippen molar-refractivity contribution < 1.29 is 14.3 Å². The first-order valence-corrected chi connectivity index (χ1v) is 7.25. The number of amides is 1. The molecule has 0 saturated heterocycles. The monoisotopic (exact) mass is 350 g/mol. The fourth-order valence-corrected chi connectivity index (χ4v) is 2.26. The molecule has 2 aromatic rings. The van der Waals surface area contributed by atoms with Crippen LogP contribution in [0.3, 0.4) is 0 Å². The van der Waals surface area contributed by atoms with Crippen LogP contribution in [0.15, 0.2) is 36.4 Å². The lowest BCUT2D eigenvalue weighted by Gasteiger charge is -2.11. The number of hydrogen-bond acceptors (Lipinski definition) is 4. The SMILES string of the molecule is COc1ccc(C#N)cc1NC(=O)COc1ccc(Cl)cc1Cl. The topological polar surface area (TPSA) is 71.3 Å². The van der Waals surface area contributed by atoms with Crippen LogP contribution in [0.25, 0.3) is 0 Å². The molecule has 0 aliphatic heterocycles. The fraction of sp³-hybridized carbons (Fsp3) is 0.125. The number of ether oxygens (including phenoxy) is 2. The van der Waals surface area contributed by atoms with Crippen molar-refractivity contribution in [1.82, 2.24) is 0 Å². The van der Waals surface area contributed by atoms with Gasteiger partial charge in [0.2, 0.25) is 0 Å². The first kappa shape index (κ1) is 16.9. The van der Waals surface area contributed by atoms with Gasteiger partial charge in [-0.2, -0.15) is 5.26 Å². The van der Waals surface area contributed by atoms with Crippen molar-refractivity contribution in [1.29, 1.82) is 5.26 Å². The number of nitriles is 1. The zero-order valence-corrected chi connectivity index (χ0v) is 13.6. The van der Waals surface area contributed by atoms with Crippen LogP contribution in [0.4, 0.5) is 5.69 Å². The summed E-state index contributed by atoms with van der Waals surface area (Å²) in [6, 6.07) is 11.4. The summed E-state index contributed by atoms with van der Waals surface area (Å²) < 4.78 is 10.5. The first-order valence-electron chi connectivity index (χ1n) is 6.49. The molecule has 0 aliphatic carbocycles. The molecular formula is C16H12Cl2N2O3. The summed E-state index contributed by atoms with van der Waals surface area (Å²) >= 11 is 11.8. The molecule has 0 aliphatic rings. The number of carbonyl (C=O) groups is 1. The molecule has 5 nitrogen and oxygen atoms in total. The van der Waals surface area contributed by atoms with E-state index in [1.807, 2.05) is 6.07 Å². The highest BCUT2D eigenvalue weighted by atomic mass is 35.5. The Balaban J connectivity index is 2.04. The number of halogens is 2. The second-order valence-electron chi connectivity index (χ2n) is 4.44. The minimum absolute atomic E-state index is 0.249. The second kappa shape index (κ2) is 7.73. The molecule has 0 bridgehead atoms. The van der Waals surface area contributed by atoms with Crippen molar-refractivity contribution in [3.8, 4) is 17.6 Å². The van der Waals surface area contributed by atoms with Gasteiger partial charge in [0.25, 0.3) is 5.91 Å². The number of nitrogens with one attached hydrogen (secondary N) is 1. The van der Waals surface area contributed by atoms with Crippen LogP contribution < -0.4 is 14.8 Å². The Hall–Kier alpha value is -2.42. The number of benzene rings is 2. The molecule has 7 heteroatoms. The zero-order valence-electron chi connectivity index (χ0n) is 12.1. The molecule has 2 aromatic carbocycles. The van der Waals surface area contributed by atoms with Crippen LogP contribution >= 0.6 is 23.2 Å². The van der Waals surface area contributed by atoms with Crippen molar-refractivity contribution in [2.24, 2.45) is 0 Å². The van der Waals surface area contributed by atoms with Crippen molar-refractivity contribution in [2.45, 2.75) is 0 Å². The molecule has 0 heterocycles. The first-order chi connectivity index (χ1) is 11.0. The van der Waals surface area contributed by atoms with E-state index >= 15 is 0 Å². The number of rotatable bonds is 5. The molecule has 1 N–H and O–H groups in total. The van der Waals surface area contributed by atoms with Gasteiger partial charge >= 0.3 is 0 Å². The van der Waals surface area contributed by atoms with Crippen LogP contribution in [0, 0.1) is 11.3 Å². The predicted molar refractivity (Wildman–Crippen MR) is 88.3 cm³/mol. The highest BCUT2D eigenvalue weighted by Gasteiger charge is 2.10. The van der Waals surface area contributed by atoms with Crippen LogP contribution in [-0.2, 0) is 4.79 Å². The van der Waals surface area contributed by atoms with Gasteiger partial charge in [0.15, 0.2) is 6.61 Å². The summed E-state index contributed by atoms with van der Waals surface area (Å²) in [5.41, 5.74) is 0.796. The lowest BCUT2D eigenvalue weighted by atomic mass is 10.2. The highest BCUT2D eigenvalue weighted by molar-refractivity contribution is 6.35. The Morgan fingerprint density at radius 3 is 2.61 bits per heavy atom. The lowest BCUT2D eigenvalue weighted by Crippen LogP contribution is -2.20. The van der Waals surface area contributed by atoms with Gasteiger partial charge in [0.05, 0.1) is 29.5 Å². The minimum atomic E-state index is -0.413. The third-order valence-corrected chi connectivity index (χ3v) is 3.39. The van der Waals surface area contributed by atoms with Gasteiger partial charge in [-0.25, -0.2) is 0 Å². The summed E-state index contributed by atoms with van der Waals surface area (Å²) in [5.74, 6) is 0.384. The molecule has 0 spiro atoms. The van der Waals surface area contributed by atoms with Crippen LogP contribution in [0.1, 0.15) is 5.56 Å². The van der Waals surface area contributed by atoms with E-state index in [2.05, 4.69) is 5.32 Å². The molecule has 0 aromatic heterocycles. The van der Waals surface area contributed by atoms with Crippen molar-refractivity contribution in [3.63, 3.8) is 0 Å². The summed E-state index contributed by atoms with van der Waals surface area (Å²) in [7, 11) is 1.47. The van der Waals surface area contributed by atoms with E-state index in [0.717, 1.165) is 0 Å². The molecule has 0 unspecified atom stereocenters. The maximum Gasteiger partial charge on any atom is 0.262 e. The molecule has 1 amide bonds. The molecule has 23 heavy (non-hydrogen) atoms. The van der Waals surface area contributed by atoms with Crippen molar-refractivity contribution >= 4 is 34.8 Å². The summed E-state index contributed by atoms with van der Waals surface area (Å²) in [6.07, 6.45) is 0. The number of anilines is 1. The highest BCUT2D eigenvalue weighted by Crippen LogP contribution is 2.28. The van der Waals surface area contributed by atoms with Gasteiger partial charge < -0.3 is 14.8 Å². The maximum atomic E-state index is 12.0. The standard InChI is InChI=1S/C16H12Cl2N2O3/c1-22-15-4-2-10(8-19)6-13(15)20-16(21)9-23-14-5-3-11(17)7-12(14)18/h2-7H,9H2,1H3,(H,20,21). The third kappa shape index (κ3) is 4.52. The van der Waals surface area contributed by atoms with Gasteiger partial charge in [-0.15, -0.1) is 0 Å². The second-order valence-corrected chi connectivity index (χ2v) is 5.28. The maximum absolute atomic E-state index is 12.0. The normalized spacial score (nSPS) is 9.83. The van der Waals surface area contributed by atoms with Crippen LogP contribution in [0.2, 0.25) is 10.0 Å². The number of methoxy groups -OCH3 is 1. The third-order valence-electron chi connectivity index (χ3n) is 2.86. The van der Waals surface area contributed by atoms with Gasteiger partial charge in [-0.1, -0.05) is 23.2 Å². The predicted octanol–water partition coefficient (Wildman–Crippen LogP) is 3.89. The van der Waals surface area contributed by atoms with E-state index < -0.39 is 5.91 Å². The van der Waals surface area contributed by atoms with Crippen LogP contribution in [-0.4, -0.2) is 19.6 Å². The van der Waals surface area contributed by atoms with E-state index in [1.165, 1.54) is 19.2 Å². The Kier molecular flexibility index (Phi) is 5.69. The Bertz CT molecular complexity index is 772. The largest absolute Gasteiger partial charge is 0.495 e. The van der Waals surface area contributed by atoms with E-state index in [9.17, 15) is 4.79 Å². The summed E-state index contributed by atoms with van der Waals surface area (Å²) in [6.45, 7) is -0.249. The van der Waals surface area contributed by atoms with E-state index in [4.69, 9.17) is 37.9 Å². The average Bonchev–Trinajstić information content (AvgIpc) is 2.54. The lowest BCUT2D eigenvalue weighted by molar-refractivity contribution is -0.118. The average molecular weight is 351 g/mol. The van der Waals surface area contributed by atoms with Crippen molar-refractivity contribution in [2.75, 3.05) is 19.0 Å². The zero-order chi connectivity index (χ0) is 16.8. The van der Waals surface area contributed by atoms with E-state index in [0.29, 0.717) is 32.8 Å². The van der Waals surface area contributed by atoms with Gasteiger partial charge in [0, 0.05) is 5.02 Å². The molecule has 0 saturated carbocycles. The minimum Gasteiger partial charge on any atom is -0.495 e. The molecule has 0 radical (unpaired) electrons. The Labute approximate surface area is 143 Å². The molecule has 0 fully saturated rings. The number of nitrogens with zero attached hydrogens (tertiary/aromatic N) is 1. The van der Waals surface area contributed by atoms with Crippen LogP contribution in [0.5, 0.6) is 11.5 Å². The van der Waals surface area contributed by atoms with Gasteiger partial charge in [0.1, 0.15) is 11.5 Å². The van der Waals surface area contributed by atoms with E-state index in [1.54, 1.807) is 24.3 Å². The molecule has 118 valence electrons. The van der Waals surface area contributed by atoms with Gasteiger partial charge in [-0.3, -0.25) is 4.79 Å². The Morgan fingerprint density at radius 1 is 1.22 bits per heavy atom. The molecular weight excluding hydrogens is 339 g/mol. The smallest absolute Gasteiger partial charge is 0.262 e. The quantitative estimate of drug-likeness (QED) is 0.887.